The third kappa shape index (κ3) is 5.71. The predicted octanol–water partition coefficient (Wildman–Crippen LogP) is 3.85. The molecule has 0 aromatic rings. The number of hydrogen-bond donors (Lipinski definition) is 1. The molecule has 0 bridgehead atoms. The molecule has 0 amide bonds. The Balaban J connectivity index is 2.20. The van der Waals surface area contributed by atoms with Crippen LogP contribution in [0.1, 0.15) is 59.8 Å². The standard InChI is InChI=1S/C16H33NO/c1-5-9-17-10-6-11-18-16-12-14(4)7-8-15(16)13(2)3/h13-17H,5-12H2,1-4H3. The first-order chi connectivity index (χ1) is 8.65. The average Bonchev–Trinajstić information content (AvgIpc) is 2.33. The van der Waals surface area contributed by atoms with E-state index in [-0.39, 0.29) is 0 Å². The molecule has 3 atom stereocenters. The van der Waals surface area contributed by atoms with E-state index >= 15 is 0 Å². The lowest BCUT2D eigenvalue weighted by Gasteiger charge is -2.37. The van der Waals surface area contributed by atoms with E-state index in [2.05, 4.69) is 33.0 Å². The van der Waals surface area contributed by atoms with Gasteiger partial charge >= 0.3 is 0 Å². The van der Waals surface area contributed by atoms with Gasteiger partial charge in [-0.2, -0.15) is 0 Å². The highest BCUT2D eigenvalue weighted by atomic mass is 16.5. The molecule has 1 aliphatic carbocycles. The van der Waals surface area contributed by atoms with Crippen molar-refractivity contribution in [1.82, 2.24) is 5.32 Å². The van der Waals surface area contributed by atoms with Gasteiger partial charge < -0.3 is 10.1 Å². The number of rotatable bonds is 8. The summed E-state index contributed by atoms with van der Waals surface area (Å²) in [6.07, 6.45) is 6.90. The van der Waals surface area contributed by atoms with Crippen molar-refractivity contribution in [2.75, 3.05) is 19.7 Å². The molecule has 0 spiro atoms. The van der Waals surface area contributed by atoms with Gasteiger partial charge in [0.1, 0.15) is 0 Å². The Hall–Kier alpha value is -0.0800. The van der Waals surface area contributed by atoms with Crippen LogP contribution in [0, 0.1) is 17.8 Å². The van der Waals surface area contributed by atoms with Gasteiger partial charge in [-0.3, -0.25) is 0 Å². The maximum Gasteiger partial charge on any atom is 0.0608 e. The SMILES string of the molecule is CCCNCCCOC1CC(C)CCC1C(C)C. The molecular formula is C16H33NO. The summed E-state index contributed by atoms with van der Waals surface area (Å²) < 4.78 is 6.17. The summed E-state index contributed by atoms with van der Waals surface area (Å²) in [5, 5.41) is 3.44. The van der Waals surface area contributed by atoms with Crippen LogP contribution >= 0.6 is 0 Å². The zero-order valence-electron chi connectivity index (χ0n) is 12.9. The van der Waals surface area contributed by atoms with Crippen molar-refractivity contribution < 1.29 is 4.74 Å². The lowest BCUT2D eigenvalue weighted by molar-refractivity contribution is -0.0387. The van der Waals surface area contributed by atoms with E-state index < -0.39 is 0 Å². The quantitative estimate of drug-likeness (QED) is 0.665. The fourth-order valence-corrected chi connectivity index (χ4v) is 3.04. The Morgan fingerprint density at radius 2 is 2.00 bits per heavy atom. The van der Waals surface area contributed by atoms with E-state index in [9.17, 15) is 0 Å². The minimum atomic E-state index is 0.514. The highest BCUT2D eigenvalue weighted by Gasteiger charge is 2.31. The van der Waals surface area contributed by atoms with Crippen molar-refractivity contribution in [3.05, 3.63) is 0 Å². The molecular weight excluding hydrogens is 222 g/mol. The van der Waals surface area contributed by atoms with Crippen molar-refractivity contribution in [3.8, 4) is 0 Å². The Morgan fingerprint density at radius 3 is 2.67 bits per heavy atom. The van der Waals surface area contributed by atoms with E-state index in [0.717, 1.165) is 43.9 Å². The lowest BCUT2D eigenvalue weighted by atomic mass is 9.75. The van der Waals surface area contributed by atoms with Crippen molar-refractivity contribution in [1.29, 1.82) is 0 Å². The molecule has 18 heavy (non-hydrogen) atoms. The summed E-state index contributed by atoms with van der Waals surface area (Å²) in [5.74, 6) is 2.40. The molecule has 2 nitrogen and oxygen atoms in total. The van der Waals surface area contributed by atoms with E-state index in [1.165, 1.54) is 25.7 Å². The maximum atomic E-state index is 6.17. The van der Waals surface area contributed by atoms with Crippen LogP contribution in [0.15, 0.2) is 0 Å². The van der Waals surface area contributed by atoms with Gasteiger partial charge in [-0.15, -0.1) is 0 Å². The minimum absolute atomic E-state index is 0.514. The second-order valence-electron chi connectivity index (χ2n) is 6.34. The number of ether oxygens (including phenoxy) is 1. The Kier molecular flexibility index (Phi) is 7.92. The van der Waals surface area contributed by atoms with E-state index in [1.807, 2.05) is 0 Å². The lowest BCUT2D eigenvalue weighted by Crippen LogP contribution is -2.34. The molecule has 1 fully saturated rings. The molecule has 1 saturated carbocycles. The summed E-state index contributed by atoms with van der Waals surface area (Å²) in [5.41, 5.74) is 0. The fourth-order valence-electron chi connectivity index (χ4n) is 3.04. The zero-order valence-corrected chi connectivity index (χ0v) is 12.9. The van der Waals surface area contributed by atoms with Crippen LogP contribution in [0.25, 0.3) is 0 Å². The molecule has 3 unspecified atom stereocenters. The average molecular weight is 255 g/mol. The van der Waals surface area contributed by atoms with Crippen molar-refractivity contribution in [2.45, 2.75) is 65.9 Å². The molecule has 1 rings (SSSR count). The smallest absolute Gasteiger partial charge is 0.0608 e. The Bertz CT molecular complexity index is 205. The third-order valence-electron chi connectivity index (χ3n) is 4.22. The molecule has 1 aliphatic rings. The first kappa shape index (κ1) is 16.0. The highest BCUT2D eigenvalue weighted by Crippen LogP contribution is 2.35. The van der Waals surface area contributed by atoms with Crippen molar-refractivity contribution in [3.63, 3.8) is 0 Å². The van der Waals surface area contributed by atoms with Gasteiger partial charge in [-0.05, 0) is 56.5 Å². The van der Waals surface area contributed by atoms with Crippen molar-refractivity contribution >= 4 is 0 Å². The molecule has 108 valence electrons. The topological polar surface area (TPSA) is 21.3 Å². The van der Waals surface area contributed by atoms with Gasteiger partial charge in [0.25, 0.3) is 0 Å². The van der Waals surface area contributed by atoms with Gasteiger partial charge in [0.05, 0.1) is 6.10 Å². The zero-order chi connectivity index (χ0) is 13.4. The van der Waals surface area contributed by atoms with Crippen LogP contribution in [0.2, 0.25) is 0 Å². The molecule has 2 heteroatoms. The largest absolute Gasteiger partial charge is 0.378 e. The number of hydrogen-bond acceptors (Lipinski definition) is 2. The summed E-state index contributed by atoms with van der Waals surface area (Å²) in [6, 6.07) is 0. The van der Waals surface area contributed by atoms with Crippen LogP contribution in [-0.2, 0) is 4.74 Å². The molecule has 1 N–H and O–H groups in total. The Labute approximate surface area is 114 Å². The summed E-state index contributed by atoms with van der Waals surface area (Å²) in [7, 11) is 0. The molecule has 0 aromatic heterocycles. The van der Waals surface area contributed by atoms with Gasteiger partial charge in [0.2, 0.25) is 0 Å². The molecule has 0 radical (unpaired) electrons. The minimum Gasteiger partial charge on any atom is -0.378 e. The summed E-state index contributed by atoms with van der Waals surface area (Å²) in [6.45, 7) is 12.4. The second-order valence-corrected chi connectivity index (χ2v) is 6.34. The van der Waals surface area contributed by atoms with E-state index in [0.29, 0.717) is 6.10 Å². The van der Waals surface area contributed by atoms with Gasteiger partial charge in [-0.25, -0.2) is 0 Å². The van der Waals surface area contributed by atoms with E-state index in [4.69, 9.17) is 4.74 Å². The molecule has 0 heterocycles. The van der Waals surface area contributed by atoms with E-state index in [1.54, 1.807) is 0 Å². The third-order valence-corrected chi connectivity index (χ3v) is 4.22. The van der Waals surface area contributed by atoms with Gasteiger partial charge in [0, 0.05) is 6.61 Å². The van der Waals surface area contributed by atoms with Crippen LogP contribution in [0.5, 0.6) is 0 Å². The van der Waals surface area contributed by atoms with Crippen LogP contribution in [0.3, 0.4) is 0 Å². The second kappa shape index (κ2) is 8.92. The normalized spacial score (nSPS) is 28.8. The summed E-state index contributed by atoms with van der Waals surface area (Å²) >= 11 is 0. The number of nitrogens with one attached hydrogen (secondary N) is 1. The van der Waals surface area contributed by atoms with Gasteiger partial charge in [0.15, 0.2) is 0 Å². The molecule has 0 saturated heterocycles. The monoisotopic (exact) mass is 255 g/mol. The van der Waals surface area contributed by atoms with Crippen LogP contribution < -0.4 is 5.32 Å². The summed E-state index contributed by atoms with van der Waals surface area (Å²) in [4.78, 5) is 0. The highest BCUT2D eigenvalue weighted by molar-refractivity contribution is 4.81. The molecule has 0 aromatic carbocycles. The van der Waals surface area contributed by atoms with Crippen LogP contribution in [-0.4, -0.2) is 25.8 Å². The maximum absolute atomic E-state index is 6.17. The van der Waals surface area contributed by atoms with Crippen molar-refractivity contribution in [2.24, 2.45) is 17.8 Å². The first-order valence-corrected chi connectivity index (χ1v) is 7.97. The molecule has 0 aliphatic heterocycles. The fraction of sp³-hybridized carbons (Fsp3) is 1.00. The predicted molar refractivity (Wildman–Crippen MR) is 78.9 cm³/mol. The van der Waals surface area contributed by atoms with Crippen LogP contribution in [0.4, 0.5) is 0 Å². The first-order valence-electron chi connectivity index (χ1n) is 7.97. The van der Waals surface area contributed by atoms with Gasteiger partial charge in [-0.1, -0.05) is 34.1 Å². The Morgan fingerprint density at radius 1 is 1.22 bits per heavy atom.